The lowest BCUT2D eigenvalue weighted by Crippen LogP contribution is -2.31. The van der Waals surface area contributed by atoms with Gasteiger partial charge in [-0.25, -0.2) is 0 Å². The molecule has 0 radical (unpaired) electrons. The molecule has 0 saturated carbocycles. The predicted octanol–water partition coefficient (Wildman–Crippen LogP) is 3.87. The van der Waals surface area contributed by atoms with E-state index in [1.807, 2.05) is 0 Å². The third-order valence-corrected chi connectivity index (χ3v) is 3.14. The van der Waals surface area contributed by atoms with Crippen molar-refractivity contribution in [1.29, 1.82) is 0 Å². The van der Waals surface area contributed by atoms with Crippen molar-refractivity contribution in [3.8, 4) is 0 Å². The van der Waals surface area contributed by atoms with Crippen LogP contribution in [0.2, 0.25) is 0 Å². The lowest BCUT2D eigenvalue weighted by molar-refractivity contribution is 0.490. The van der Waals surface area contributed by atoms with E-state index in [1.54, 1.807) is 0 Å². The molecule has 0 amide bonds. The van der Waals surface area contributed by atoms with Crippen molar-refractivity contribution in [3.63, 3.8) is 0 Å². The molecule has 0 aliphatic carbocycles. The summed E-state index contributed by atoms with van der Waals surface area (Å²) in [5.41, 5.74) is 4.13. The van der Waals surface area contributed by atoms with Crippen LogP contribution in [0.25, 0.3) is 0 Å². The van der Waals surface area contributed by atoms with Crippen molar-refractivity contribution in [2.45, 2.75) is 46.1 Å². The topological polar surface area (TPSA) is 12.0 Å². The summed E-state index contributed by atoms with van der Waals surface area (Å²) in [4.78, 5) is 0. The van der Waals surface area contributed by atoms with Crippen LogP contribution in [-0.2, 0) is 6.42 Å². The van der Waals surface area contributed by atoms with Gasteiger partial charge in [-0.3, -0.25) is 0 Å². The number of nitrogens with one attached hydrogen (secondary N) is 1. The molecule has 94 valence electrons. The van der Waals surface area contributed by atoms with Gasteiger partial charge < -0.3 is 5.32 Å². The highest BCUT2D eigenvalue weighted by Crippen LogP contribution is 2.13. The summed E-state index contributed by atoms with van der Waals surface area (Å²) >= 11 is 0. The van der Waals surface area contributed by atoms with Crippen LogP contribution in [0.5, 0.6) is 0 Å². The number of allylic oxidation sites excluding steroid dienone is 1. The standard InChI is InChI=1S/C16H25N/c1-5-17-16(11-10-13(2)3)12-15-9-7-6-8-14(15)4/h6-9,16-17H,2,5,10-12H2,1,3-4H3. The Morgan fingerprint density at radius 3 is 2.65 bits per heavy atom. The summed E-state index contributed by atoms with van der Waals surface area (Å²) in [5.74, 6) is 0. The Labute approximate surface area is 106 Å². The Hall–Kier alpha value is -1.08. The first-order chi connectivity index (χ1) is 8.13. The minimum Gasteiger partial charge on any atom is -0.314 e. The molecule has 1 unspecified atom stereocenters. The maximum absolute atomic E-state index is 3.98. The van der Waals surface area contributed by atoms with E-state index in [9.17, 15) is 0 Å². The summed E-state index contributed by atoms with van der Waals surface area (Å²) < 4.78 is 0. The van der Waals surface area contributed by atoms with E-state index in [1.165, 1.54) is 23.1 Å². The SMILES string of the molecule is C=C(C)CCC(Cc1ccccc1C)NCC. The molecule has 0 saturated heterocycles. The third-order valence-electron chi connectivity index (χ3n) is 3.14. The van der Waals surface area contributed by atoms with Gasteiger partial charge in [-0.15, -0.1) is 6.58 Å². The van der Waals surface area contributed by atoms with Crippen LogP contribution in [0, 0.1) is 6.92 Å². The minimum absolute atomic E-state index is 0.567. The van der Waals surface area contributed by atoms with Gasteiger partial charge in [-0.2, -0.15) is 0 Å². The van der Waals surface area contributed by atoms with Gasteiger partial charge >= 0.3 is 0 Å². The molecule has 1 aromatic carbocycles. The second kappa shape index (κ2) is 7.29. The number of aryl methyl sites for hydroxylation is 1. The average Bonchev–Trinajstić information content (AvgIpc) is 2.29. The molecule has 0 spiro atoms. The Balaban J connectivity index is 2.59. The maximum Gasteiger partial charge on any atom is 0.0110 e. The van der Waals surface area contributed by atoms with E-state index in [0.717, 1.165) is 19.4 Å². The van der Waals surface area contributed by atoms with E-state index >= 15 is 0 Å². The smallest absolute Gasteiger partial charge is 0.0110 e. The zero-order valence-corrected chi connectivity index (χ0v) is 11.4. The fourth-order valence-electron chi connectivity index (χ4n) is 2.09. The zero-order chi connectivity index (χ0) is 12.7. The van der Waals surface area contributed by atoms with Crippen molar-refractivity contribution in [2.24, 2.45) is 0 Å². The summed E-state index contributed by atoms with van der Waals surface area (Å²) in [5, 5.41) is 3.57. The Bertz CT molecular complexity index is 354. The highest BCUT2D eigenvalue weighted by molar-refractivity contribution is 5.26. The molecule has 0 aliphatic rings. The number of likely N-dealkylation sites (N-methyl/N-ethyl adjacent to an activating group) is 1. The molecule has 1 rings (SSSR count). The van der Waals surface area contributed by atoms with Crippen LogP contribution < -0.4 is 5.32 Å². The van der Waals surface area contributed by atoms with Gasteiger partial charge in [0.2, 0.25) is 0 Å². The first-order valence-electron chi connectivity index (χ1n) is 6.55. The van der Waals surface area contributed by atoms with Gasteiger partial charge in [0.05, 0.1) is 0 Å². The molecular formula is C16H25N. The quantitative estimate of drug-likeness (QED) is 0.702. The number of rotatable bonds is 7. The van der Waals surface area contributed by atoms with Gasteiger partial charge in [0.1, 0.15) is 0 Å². The Morgan fingerprint density at radius 2 is 2.06 bits per heavy atom. The van der Waals surface area contributed by atoms with Gasteiger partial charge in [0, 0.05) is 6.04 Å². The molecule has 1 heteroatoms. The maximum atomic E-state index is 3.98. The molecule has 1 N–H and O–H groups in total. The highest BCUT2D eigenvalue weighted by Gasteiger charge is 2.09. The highest BCUT2D eigenvalue weighted by atomic mass is 14.9. The molecule has 17 heavy (non-hydrogen) atoms. The van der Waals surface area contributed by atoms with E-state index in [2.05, 4.69) is 56.9 Å². The van der Waals surface area contributed by atoms with Gasteiger partial charge in [-0.1, -0.05) is 36.8 Å². The normalized spacial score (nSPS) is 12.4. The first kappa shape index (κ1) is 14.0. The number of hydrogen-bond acceptors (Lipinski definition) is 1. The third kappa shape index (κ3) is 5.18. The summed E-state index contributed by atoms with van der Waals surface area (Å²) in [6.45, 7) is 11.5. The van der Waals surface area contributed by atoms with Crippen LogP contribution in [0.3, 0.4) is 0 Å². The molecule has 1 aromatic rings. The van der Waals surface area contributed by atoms with Gasteiger partial charge in [0.15, 0.2) is 0 Å². The van der Waals surface area contributed by atoms with E-state index in [0.29, 0.717) is 6.04 Å². The van der Waals surface area contributed by atoms with Crippen molar-refractivity contribution in [2.75, 3.05) is 6.54 Å². The summed E-state index contributed by atoms with van der Waals surface area (Å²) in [6, 6.07) is 9.23. The number of benzene rings is 1. The van der Waals surface area contributed by atoms with Crippen molar-refractivity contribution < 1.29 is 0 Å². The molecule has 1 nitrogen and oxygen atoms in total. The van der Waals surface area contributed by atoms with E-state index < -0.39 is 0 Å². The molecular weight excluding hydrogens is 206 g/mol. The fourth-order valence-corrected chi connectivity index (χ4v) is 2.09. The van der Waals surface area contributed by atoms with E-state index in [-0.39, 0.29) is 0 Å². The van der Waals surface area contributed by atoms with Gasteiger partial charge in [-0.05, 0) is 50.8 Å². The minimum atomic E-state index is 0.567. The molecule has 0 bridgehead atoms. The predicted molar refractivity (Wildman–Crippen MR) is 76.4 cm³/mol. The van der Waals surface area contributed by atoms with Crippen LogP contribution >= 0.6 is 0 Å². The van der Waals surface area contributed by atoms with E-state index in [4.69, 9.17) is 0 Å². The number of hydrogen-bond donors (Lipinski definition) is 1. The van der Waals surface area contributed by atoms with Gasteiger partial charge in [0.25, 0.3) is 0 Å². The monoisotopic (exact) mass is 231 g/mol. The van der Waals surface area contributed by atoms with Crippen LogP contribution in [0.15, 0.2) is 36.4 Å². The lowest BCUT2D eigenvalue weighted by atomic mass is 9.97. The Kier molecular flexibility index (Phi) is 5.99. The second-order valence-corrected chi connectivity index (χ2v) is 4.88. The largest absolute Gasteiger partial charge is 0.314 e. The summed E-state index contributed by atoms with van der Waals surface area (Å²) in [6.07, 6.45) is 3.41. The molecule has 0 fully saturated rings. The average molecular weight is 231 g/mol. The second-order valence-electron chi connectivity index (χ2n) is 4.88. The molecule has 1 atom stereocenters. The first-order valence-corrected chi connectivity index (χ1v) is 6.55. The lowest BCUT2D eigenvalue weighted by Gasteiger charge is -2.19. The Morgan fingerprint density at radius 1 is 1.35 bits per heavy atom. The summed E-state index contributed by atoms with van der Waals surface area (Å²) in [7, 11) is 0. The van der Waals surface area contributed by atoms with Crippen LogP contribution in [0.4, 0.5) is 0 Å². The van der Waals surface area contributed by atoms with Crippen LogP contribution in [-0.4, -0.2) is 12.6 Å². The fraction of sp³-hybridized carbons (Fsp3) is 0.500. The van der Waals surface area contributed by atoms with Crippen molar-refractivity contribution in [1.82, 2.24) is 5.32 Å². The van der Waals surface area contributed by atoms with Crippen LogP contribution in [0.1, 0.15) is 37.8 Å². The molecule has 0 aliphatic heterocycles. The van der Waals surface area contributed by atoms with Crippen molar-refractivity contribution in [3.05, 3.63) is 47.5 Å². The molecule has 0 heterocycles. The zero-order valence-electron chi connectivity index (χ0n) is 11.4. The van der Waals surface area contributed by atoms with Crippen molar-refractivity contribution >= 4 is 0 Å². The molecule has 0 aromatic heterocycles.